The van der Waals surface area contributed by atoms with Crippen molar-refractivity contribution in [2.24, 2.45) is 11.7 Å². The van der Waals surface area contributed by atoms with E-state index in [-0.39, 0.29) is 12.6 Å². The second-order valence-electron chi connectivity index (χ2n) is 7.09. The molecule has 1 amide bonds. The van der Waals surface area contributed by atoms with Gasteiger partial charge in [0.15, 0.2) is 12.4 Å². The molecule has 1 aromatic heterocycles. The van der Waals surface area contributed by atoms with Gasteiger partial charge < -0.3 is 15.4 Å². The molecule has 2 aromatic rings. The molecule has 0 saturated carbocycles. The van der Waals surface area contributed by atoms with E-state index in [1.165, 1.54) is 0 Å². The van der Waals surface area contributed by atoms with Crippen molar-refractivity contribution >= 4 is 17.7 Å². The van der Waals surface area contributed by atoms with E-state index >= 15 is 0 Å². The number of amides is 1. The number of esters is 1. The molecule has 28 heavy (non-hydrogen) atoms. The van der Waals surface area contributed by atoms with Crippen LogP contribution in [0.1, 0.15) is 32.1 Å². The first kappa shape index (κ1) is 19.8. The van der Waals surface area contributed by atoms with Gasteiger partial charge in [0, 0.05) is 25.1 Å². The zero-order valence-corrected chi connectivity index (χ0v) is 15.9. The highest BCUT2D eigenvalue weighted by atomic mass is 16.5. The summed E-state index contributed by atoms with van der Waals surface area (Å²) < 4.78 is 4.77. The maximum atomic E-state index is 11.5. The van der Waals surface area contributed by atoms with Gasteiger partial charge in [-0.3, -0.25) is 9.59 Å². The van der Waals surface area contributed by atoms with Crippen LogP contribution >= 0.6 is 0 Å². The Hall–Kier alpha value is -2.96. The van der Waals surface area contributed by atoms with Gasteiger partial charge in [0.05, 0.1) is 5.69 Å². The Labute approximate surface area is 164 Å². The number of hydrogen-bond donors (Lipinski definition) is 1. The molecule has 0 spiro atoms. The molecule has 1 aromatic carbocycles. The van der Waals surface area contributed by atoms with Gasteiger partial charge in [-0.05, 0) is 43.7 Å². The fourth-order valence-corrected chi connectivity index (χ4v) is 3.47. The Balaban J connectivity index is 1.40. The van der Waals surface area contributed by atoms with Crippen LogP contribution in [0.4, 0.5) is 5.82 Å². The van der Waals surface area contributed by atoms with E-state index in [0.717, 1.165) is 55.8 Å². The third-order valence-electron chi connectivity index (χ3n) is 5.03. The van der Waals surface area contributed by atoms with E-state index in [0.29, 0.717) is 12.3 Å². The zero-order chi connectivity index (χ0) is 19.8. The van der Waals surface area contributed by atoms with Crippen LogP contribution in [0.2, 0.25) is 0 Å². The van der Waals surface area contributed by atoms with Crippen LogP contribution < -0.4 is 10.6 Å². The van der Waals surface area contributed by atoms with Crippen molar-refractivity contribution in [1.82, 2.24) is 10.2 Å². The highest BCUT2D eigenvalue weighted by Crippen LogP contribution is 2.26. The first-order valence-electron chi connectivity index (χ1n) is 9.70. The summed E-state index contributed by atoms with van der Waals surface area (Å²) in [6.45, 7) is 1.55. The quantitative estimate of drug-likeness (QED) is 0.705. The number of piperidine rings is 1. The van der Waals surface area contributed by atoms with Crippen molar-refractivity contribution in [2.75, 3.05) is 24.6 Å². The van der Waals surface area contributed by atoms with Gasteiger partial charge in [-0.25, -0.2) is 0 Å². The Morgan fingerprint density at radius 2 is 1.82 bits per heavy atom. The van der Waals surface area contributed by atoms with E-state index in [9.17, 15) is 9.59 Å². The summed E-state index contributed by atoms with van der Waals surface area (Å²) in [5.74, 6) is 0.524. The monoisotopic (exact) mass is 382 g/mol. The van der Waals surface area contributed by atoms with Crippen molar-refractivity contribution in [3.63, 3.8) is 0 Å². The van der Waals surface area contributed by atoms with E-state index in [1.54, 1.807) is 0 Å². The summed E-state index contributed by atoms with van der Waals surface area (Å²) in [6, 6.07) is 14.1. The molecule has 0 bridgehead atoms. The van der Waals surface area contributed by atoms with Gasteiger partial charge in [0.25, 0.3) is 5.91 Å². The first-order chi connectivity index (χ1) is 13.6. The summed E-state index contributed by atoms with van der Waals surface area (Å²) >= 11 is 0. The van der Waals surface area contributed by atoms with Crippen molar-refractivity contribution < 1.29 is 14.3 Å². The first-order valence-corrected chi connectivity index (χ1v) is 9.70. The molecule has 3 rings (SSSR count). The molecule has 1 fully saturated rings. The molecule has 1 aliphatic rings. The highest BCUT2D eigenvalue weighted by molar-refractivity contribution is 5.78. The number of hydrogen-bond acceptors (Lipinski definition) is 6. The molecule has 0 unspecified atom stereocenters. The van der Waals surface area contributed by atoms with E-state index in [4.69, 9.17) is 10.5 Å². The molecule has 0 atom stereocenters. The number of benzene rings is 1. The predicted octanol–water partition coefficient (Wildman–Crippen LogP) is 2.56. The number of ether oxygens (including phenoxy) is 1. The summed E-state index contributed by atoms with van der Waals surface area (Å²) in [5.41, 5.74) is 6.90. The molecule has 1 saturated heterocycles. The van der Waals surface area contributed by atoms with Gasteiger partial charge >= 0.3 is 5.97 Å². The largest absolute Gasteiger partial charge is 0.456 e. The van der Waals surface area contributed by atoms with Crippen molar-refractivity contribution in [3.8, 4) is 11.3 Å². The Morgan fingerprint density at radius 3 is 2.46 bits per heavy atom. The third kappa shape index (κ3) is 5.77. The topological polar surface area (TPSA) is 98.4 Å². The second-order valence-corrected chi connectivity index (χ2v) is 7.09. The Bertz CT molecular complexity index is 772. The van der Waals surface area contributed by atoms with Gasteiger partial charge in [0.2, 0.25) is 0 Å². The van der Waals surface area contributed by atoms with Gasteiger partial charge in [-0.15, -0.1) is 10.2 Å². The number of nitrogens with two attached hydrogens (primary N) is 1. The van der Waals surface area contributed by atoms with Crippen molar-refractivity contribution in [1.29, 1.82) is 0 Å². The van der Waals surface area contributed by atoms with Crippen LogP contribution in [0.5, 0.6) is 0 Å². The summed E-state index contributed by atoms with van der Waals surface area (Å²) in [6.07, 6.45) is 4.22. The van der Waals surface area contributed by atoms with Crippen molar-refractivity contribution in [2.45, 2.75) is 32.1 Å². The van der Waals surface area contributed by atoms with Crippen LogP contribution in [0.15, 0.2) is 42.5 Å². The lowest BCUT2D eigenvalue weighted by molar-refractivity contribution is -0.147. The van der Waals surface area contributed by atoms with Gasteiger partial charge in [-0.1, -0.05) is 30.3 Å². The normalized spacial score (nSPS) is 14.6. The predicted molar refractivity (Wildman–Crippen MR) is 106 cm³/mol. The fraction of sp³-hybridized carbons (Fsp3) is 0.429. The molecule has 1 aliphatic heterocycles. The molecule has 0 radical (unpaired) electrons. The third-order valence-corrected chi connectivity index (χ3v) is 5.03. The molecular weight excluding hydrogens is 356 g/mol. The number of nitrogens with zero attached hydrogens (tertiary/aromatic N) is 3. The van der Waals surface area contributed by atoms with E-state index in [1.807, 2.05) is 42.5 Å². The molecular formula is C21H26N4O3. The van der Waals surface area contributed by atoms with Crippen LogP contribution in [-0.2, 0) is 14.3 Å². The number of rotatable bonds is 8. The maximum Gasteiger partial charge on any atom is 0.306 e. The average Bonchev–Trinajstić information content (AvgIpc) is 2.73. The van der Waals surface area contributed by atoms with E-state index < -0.39 is 5.91 Å². The number of aromatic nitrogens is 2. The lowest BCUT2D eigenvalue weighted by Crippen LogP contribution is -2.34. The summed E-state index contributed by atoms with van der Waals surface area (Å²) in [4.78, 5) is 24.4. The standard InChI is InChI=1S/C21H26N4O3/c22-19(26)15-28-21(27)8-4-5-16-11-13-25(14-12-16)20-10-9-18(23-24-20)17-6-2-1-3-7-17/h1-3,6-7,9-10,16H,4-5,8,11-15H2,(H2,22,26). The maximum absolute atomic E-state index is 11.5. The van der Waals surface area contributed by atoms with E-state index in [2.05, 4.69) is 15.1 Å². The molecule has 148 valence electrons. The molecule has 2 heterocycles. The number of primary amides is 1. The molecule has 7 heteroatoms. The zero-order valence-electron chi connectivity index (χ0n) is 15.9. The number of carbonyl (C=O) groups is 2. The second kappa shape index (κ2) is 9.82. The molecule has 7 nitrogen and oxygen atoms in total. The summed E-state index contributed by atoms with van der Waals surface area (Å²) in [7, 11) is 0. The Morgan fingerprint density at radius 1 is 1.07 bits per heavy atom. The van der Waals surface area contributed by atoms with Crippen LogP contribution in [0, 0.1) is 5.92 Å². The SMILES string of the molecule is NC(=O)COC(=O)CCCC1CCN(c2ccc(-c3ccccc3)nn2)CC1. The fourth-order valence-electron chi connectivity index (χ4n) is 3.47. The lowest BCUT2D eigenvalue weighted by Gasteiger charge is -2.32. The van der Waals surface area contributed by atoms with Crippen LogP contribution in [-0.4, -0.2) is 41.8 Å². The van der Waals surface area contributed by atoms with Crippen LogP contribution in [0.25, 0.3) is 11.3 Å². The van der Waals surface area contributed by atoms with Gasteiger partial charge in [0.1, 0.15) is 0 Å². The smallest absolute Gasteiger partial charge is 0.306 e. The lowest BCUT2D eigenvalue weighted by atomic mass is 9.91. The minimum atomic E-state index is -0.624. The average molecular weight is 382 g/mol. The minimum Gasteiger partial charge on any atom is -0.456 e. The Kier molecular flexibility index (Phi) is 6.94. The van der Waals surface area contributed by atoms with Crippen molar-refractivity contribution in [3.05, 3.63) is 42.5 Å². The van der Waals surface area contributed by atoms with Gasteiger partial charge in [-0.2, -0.15) is 0 Å². The molecule has 2 N–H and O–H groups in total. The summed E-state index contributed by atoms with van der Waals surface area (Å²) in [5, 5.41) is 8.77. The highest BCUT2D eigenvalue weighted by Gasteiger charge is 2.20. The number of carbonyl (C=O) groups excluding carboxylic acids is 2. The molecule has 0 aliphatic carbocycles. The number of anilines is 1. The minimum absolute atomic E-state index is 0.332. The van der Waals surface area contributed by atoms with Crippen LogP contribution in [0.3, 0.4) is 0 Å².